The van der Waals surface area contributed by atoms with Gasteiger partial charge in [-0.05, 0) is 36.8 Å². The van der Waals surface area contributed by atoms with Gasteiger partial charge < -0.3 is 14.9 Å². The molecule has 0 aliphatic carbocycles. The SMILES string of the molecule is COc1ccc(C2=NO[C@@](C)(C(=O)NCCc3nc(C(C)(C)C)cs3)C2)cc1. The molecule has 1 N–H and O–H groups in total. The lowest BCUT2D eigenvalue weighted by Crippen LogP contribution is -2.45. The van der Waals surface area contributed by atoms with E-state index in [9.17, 15) is 4.79 Å². The van der Waals surface area contributed by atoms with Crippen molar-refractivity contribution in [3.8, 4) is 5.75 Å². The van der Waals surface area contributed by atoms with Gasteiger partial charge in [0, 0.05) is 30.2 Å². The number of nitrogens with zero attached hydrogens (tertiary/aromatic N) is 2. The predicted molar refractivity (Wildman–Crippen MR) is 111 cm³/mol. The Labute approximate surface area is 170 Å². The van der Waals surface area contributed by atoms with Crippen LogP contribution >= 0.6 is 11.3 Å². The van der Waals surface area contributed by atoms with Gasteiger partial charge in [-0.3, -0.25) is 4.79 Å². The minimum absolute atomic E-state index is 0.0400. The first kappa shape index (κ1) is 20.3. The summed E-state index contributed by atoms with van der Waals surface area (Å²) in [4.78, 5) is 22.8. The molecule has 0 spiro atoms. The van der Waals surface area contributed by atoms with Crippen molar-refractivity contribution >= 4 is 23.0 Å². The number of rotatable bonds is 6. The van der Waals surface area contributed by atoms with Crippen LogP contribution in [0.3, 0.4) is 0 Å². The molecule has 2 heterocycles. The Kier molecular flexibility index (Phi) is 5.74. The van der Waals surface area contributed by atoms with Crippen molar-refractivity contribution in [2.24, 2.45) is 5.16 Å². The number of ether oxygens (including phenoxy) is 1. The largest absolute Gasteiger partial charge is 0.497 e. The Balaban J connectivity index is 1.52. The molecule has 0 fully saturated rings. The van der Waals surface area contributed by atoms with Crippen molar-refractivity contribution < 1.29 is 14.4 Å². The van der Waals surface area contributed by atoms with Gasteiger partial charge in [0.2, 0.25) is 5.60 Å². The normalized spacial score (nSPS) is 19.1. The third-order valence-electron chi connectivity index (χ3n) is 4.71. The van der Waals surface area contributed by atoms with Gasteiger partial charge in [-0.25, -0.2) is 4.98 Å². The zero-order valence-electron chi connectivity index (χ0n) is 17.0. The number of nitrogens with one attached hydrogen (secondary N) is 1. The first-order chi connectivity index (χ1) is 13.2. The number of hydrogen-bond acceptors (Lipinski definition) is 6. The van der Waals surface area contributed by atoms with Crippen molar-refractivity contribution in [1.82, 2.24) is 10.3 Å². The molecule has 28 heavy (non-hydrogen) atoms. The molecule has 0 radical (unpaired) electrons. The molecular weight excluding hydrogens is 374 g/mol. The zero-order valence-corrected chi connectivity index (χ0v) is 17.9. The summed E-state index contributed by atoms with van der Waals surface area (Å²) in [7, 11) is 1.63. The summed E-state index contributed by atoms with van der Waals surface area (Å²) in [5.41, 5.74) is 1.82. The molecule has 2 aromatic rings. The molecule has 6 nitrogen and oxygen atoms in total. The highest BCUT2D eigenvalue weighted by Crippen LogP contribution is 2.28. The monoisotopic (exact) mass is 401 g/mol. The van der Waals surface area contributed by atoms with Crippen molar-refractivity contribution in [1.29, 1.82) is 0 Å². The summed E-state index contributed by atoms with van der Waals surface area (Å²) in [5.74, 6) is 0.618. The lowest BCUT2D eigenvalue weighted by molar-refractivity contribution is -0.141. The predicted octanol–water partition coefficient (Wildman–Crippen LogP) is 3.69. The molecule has 150 valence electrons. The lowest BCUT2D eigenvalue weighted by atomic mass is 9.93. The Bertz CT molecular complexity index is 868. The van der Waals surface area contributed by atoms with Crippen molar-refractivity contribution in [3.63, 3.8) is 0 Å². The number of benzene rings is 1. The maximum atomic E-state index is 12.7. The molecule has 1 atom stereocenters. The van der Waals surface area contributed by atoms with E-state index >= 15 is 0 Å². The van der Waals surface area contributed by atoms with Crippen molar-refractivity contribution in [2.45, 2.75) is 51.6 Å². The van der Waals surface area contributed by atoms with Gasteiger partial charge >= 0.3 is 0 Å². The highest BCUT2D eigenvalue weighted by Gasteiger charge is 2.42. The minimum atomic E-state index is -0.991. The molecular formula is C21H27N3O3S. The first-order valence-electron chi connectivity index (χ1n) is 9.34. The van der Waals surface area contributed by atoms with Crippen LogP contribution in [-0.2, 0) is 21.5 Å². The highest BCUT2D eigenvalue weighted by atomic mass is 32.1. The average Bonchev–Trinajstić information content (AvgIpc) is 3.29. The number of carbonyl (C=O) groups is 1. The Morgan fingerprint density at radius 1 is 1.32 bits per heavy atom. The second-order valence-electron chi connectivity index (χ2n) is 8.15. The Morgan fingerprint density at radius 2 is 2.04 bits per heavy atom. The van der Waals surface area contributed by atoms with Crippen LogP contribution in [0.1, 0.15) is 50.4 Å². The zero-order chi connectivity index (χ0) is 20.4. The fourth-order valence-corrected chi connectivity index (χ4v) is 3.86. The summed E-state index contributed by atoms with van der Waals surface area (Å²) in [5, 5.41) is 10.2. The van der Waals surface area contributed by atoms with E-state index < -0.39 is 5.60 Å². The van der Waals surface area contributed by atoms with Gasteiger partial charge in [-0.2, -0.15) is 0 Å². The summed E-state index contributed by atoms with van der Waals surface area (Å²) < 4.78 is 5.17. The van der Waals surface area contributed by atoms with Crippen LogP contribution in [-0.4, -0.2) is 35.9 Å². The average molecular weight is 402 g/mol. The summed E-state index contributed by atoms with van der Waals surface area (Å²) in [6.45, 7) is 8.72. The van der Waals surface area contributed by atoms with Crippen LogP contribution in [0.5, 0.6) is 5.75 Å². The second-order valence-corrected chi connectivity index (χ2v) is 9.09. The molecule has 1 aliphatic heterocycles. The molecule has 1 aromatic heterocycles. The fourth-order valence-electron chi connectivity index (χ4n) is 2.84. The summed E-state index contributed by atoms with van der Waals surface area (Å²) in [6.07, 6.45) is 1.13. The van der Waals surface area contributed by atoms with Crippen LogP contribution in [0.2, 0.25) is 0 Å². The third kappa shape index (κ3) is 4.52. The van der Waals surface area contributed by atoms with Crippen LogP contribution in [0.15, 0.2) is 34.8 Å². The van der Waals surface area contributed by atoms with E-state index in [-0.39, 0.29) is 11.3 Å². The van der Waals surface area contributed by atoms with Crippen LogP contribution in [0.25, 0.3) is 0 Å². The number of amides is 1. The number of hydrogen-bond donors (Lipinski definition) is 1. The second kappa shape index (κ2) is 7.91. The van der Waals surface area contributed by atoms with Gasteiger partial charge in [-0.1, -0.05) is 25.9 Å². The van der Waals surface area contributed by atoms with Crippen LogP contribution in [0, 0.1) is 0 Å². The minimum Gasteiger partial charge on any atom is -0.497 e. The van der Waals surface area contributed by atoms with Gasteiger partial charge in [0.25, 0.3) is 5.91 Å². The van der Waals surface area contributed by atoms with E-state index in [1.54, 1.807) is 25.4 Å². The lowest BCUT2D eigenvalue weighted by Gasteiger charge is -2.20. The van der Waals surface area contributed by atoms with Crippen LogP contribution < -0.4 is 10.1 Å². The maximum Gasteiger partial charge on any atom is 0.267 e. The summed E-state index contributed by atoms with van der Waals surface area (Å²) in [6, 6.07) is 7.57. The number of aromatic nitrogens is 1. The van der Waals surface area contributed by atoms with E-state index in [2.05, 4.69) is 41.6 Å². The molecule has 3 rings (SSSR count). The molecule has 1 aromatic carbocycles. The fraction of sp³-hybridized carbons (Fsp3) is 0.476. The third-order valence-corrected chi connectivity index (χ3v) is 5.62. The van der Waals surface area contributed by atoms with Crippen molar-refractivity contribution in [2.75, 3.05) is 13.7 Å². The standard InChI is InChI=1S/C21H27N3O3S/c1-20(2,3)17-13-28-18(23-17)10-11-22-19(25)21(4)12-16(24-27-21)14-6-8-15(26-5)9-7-14/h6-9,13H,10-12H2,1-5H3,(H,22,25)/t21-/m1/s1. The van der Waals surface area contributed by atoms with Gasteiger partial charge in [0.05, 0.1) is 23.5 Å². The maximum absolute atomic E-state index is 12.7. The Morgan fingerprint density at radius 3 is 2.64 bits per heavy atom. The highest BCUT2D eigenvalue weighted by molar-refractivity contribution is 7.09. The molecule has 7 heteroatoms. The number of thiazole rings is 1. The van der Waals surface area contributed by atoms with E-state index in [0.717, 1.165) is 27.7 Å². The van der Waals surface area contributed by atoms with E-state index in [4.69, 9.17) is 9.57 Å². The number of carbonyl (C=O) groups excluding carboxylic acids is 1. The number of methoxy groups -OCH3 is 1. The molecule has 1 aliphatic rings. The smallest absolute Gasteiger partial charge is 0.267 e. The van der Waals surface area contributed by atoms with Gasteiger partial charge in [0.1, 0.15) is 5.75 Å². The van der Waals surface area contributed by atoms with Gasteiger partial charge in [-0.15, -0.1) is 11.3 Å². The quantitative estimate of drug-likeness (QED) is 0.801. The van der Waals surface area contributed by atoms with Crippen LogP contribution in [0.4, 0.5) is 0 Å². The first-order valence-corrected chi connectivity index (χ1v) is 10.2. The molecule has 1 amide bonds. The van der Waals surface area contributed by atoms with E-state index in [1.165, 1.54) is 0 Å². The molecule has 0 saturated carbocycles. The Hall–Kier alpha value is -2.41. The van der Waals surface area contributed by atoms with E-state index in [0.29, 0.717) is 19.4 Å². The van der Waals surface area contributed by atoms with Gasteiger partial charge in [0.15, 0.2) is 0 Å². The topological polar surface area (TPSA) is 72.8 Å². The van der Waals surface area contributed by atoms with Crippen molar-refractivity contribution in [3.05, 3.63) is 45.9 Å². The molecule has 0 unspecified atom stereocenters. The summed E-state index contributed by atoms with van der Waals surface area (Å²) >= 11 is 1.63. The molecule has 0 saturated heterocycles. The number of oxime groups is 1. The van der Waals surface area contributed by atoms with E-state index in [1.807, 2.05) is 24.3 Å². The molecule has 0 bridgehead atoms.